The van der Waals surface area contributed by atoms with Crippen molar-refractivity contribution >= 4 is 23.2 Å². The predicted octanol–water partition coefficient (Wildman–Crippen LogP) is 3.93. The van der Waals surface area contributed by atoms with Crippen LogP contribution in [0.15, 0.2) is 54.6 Å². The molecule has 1 fully saturated rings. The Morgan fingerprint density at radius 2 is 1.82 bits per heavy atom. The number of carbonyl (C=O) groups is 2. The third-order valence-electron chi connectivity index (χ3n) is 5.54. The van der Waals surface area contributed by atoms with E-state index in [0.717, 1.165) is 31.6 Å². The number of benzene rings is 2. The smallest absolute Gasteiger partial charge is 0.258 e. The number of carbonyl (C=O) groups excluding carboxylic acids is 2. The van der Waals surface area contributed by atoms with Crippen LogP contribution in [0.4, 0.5) is 11.4 Å². The molecule has 1 heterocycles. The molecule has 5 nitrogen and oxygen atoms in total. The highest BCUT2D eigenvalue weighted by Crippen LogP contribution is 2.25. The molecule has 0 bridgehead atoms. The van der Waals surface area contributed by atoms with Crippen molar-refractivity contribution in [2.75, 3.05) is 30.4 Å². The maximum atomic E-state index is 12.8. The molecule has 0 aliphatic carbocycles. The minimum absolute atomic E-state index is 0.00652. The number of nitrogens with one attached hydrogen (secondary N) is 2. The topological polar surface area (TPSA) is 61.4 Å². The largest absolute Gasteiger partial charge is 0.326 e. The van der Waals surface area contributed by atoms with Gasteiger partial charge in [0, 0.05) is 30.4 Å². The summed E-state index contributed by atoms with van der Waals surface area (Å²) in [6.45, 7) is 4.23. The van der Waals surface area contributed by atoms with E-state index in [1.54, 1.807) is 30.1 Å². The Balaban J connectivity index is 1.61. The number of para-hydroxylation sites is 1. The number of hydrogen-bond donors (Lipinski definition) is 2. The molecule has 0 radical (unpaired) electrons. The van der Waals surface area contributed by atoms with Gasteiger partial charge >= 0.3 is 0 Å². The fraction of sp³-hybridized carbons (Fsp3) is 0.391. The summed E-state index contributed by atoms with van der Waals surface area (Å²) in [6.07, 6.45) is 2.77. The Kier molecular flexibility index (Phi) is 6.82. The zero-order valence-corrected chi connectivity index (χ0v) is 16.7. The van der Waals surface area contributed by atoms with E-state index in [-0.39, 0.29) is 11.8 Å². The van der Waals surface area contributed by atoms with E-state index in [4.69, 9.17) is 0 Å². The summed E-state index contributed by atoms with van der Waals surface area (Å²) < 4.78 is 0. The van der Waals surface area contributed by atoms with Crippen LogP contribution < -0.4 is 15.5 Å². The standard InChI is InChI=1S/C23H29N3O2/c1-17(18-11-13-24-14-12-18)15-22(27)25-20-8-6-7-19(16-20)23(28)26(2)21-9-4-3-5-10-21/h3-10,16-18,24H,11-15H2,1-2H3,(H,25,27). The van der Waals surface area contributed by atoms with Crippen LogP contribution in [-0.2, 0) is 4.79 Å². The molecule has 0 aromatic heterocycles. The molecule has 2 aromatic rings. The molecule has 0 spiro atoms. The zero-order chi connectivity index (χ0) is 19.9. The Morgan fingerprint density at radius 3 is 2.54 bits per heavy atom. The molecule has 1 aliphatic heterocycles. The van der Waals surface area contributed by atoms with Crippen molar-refractivity contribution in [2.24, 2.45) is 11.8 Å². The van der Waals surface area contributed by atoms with Crippen LogP contribution in [0.2, 0.25) is 0 Å². The van der Waals surface area contributed by atoms with Gasteiger partial charge in [0.05, 0.1) is 0 Å². The van der Waals surface area contributed by atoms with Crippen LogP contribution >= 0.6 is 0 Å². The molecule has 148 valence electrons. The van der Waals surface area contributed by atoms with Gasteiger partial charge < -0.3 is 15.5 Å². The lowest BCUT2D eigenvalue weighted by atomic mass is 9.84. The highest BCUT2D eigenvalue weighted by atomic mass is 16.2. The van der Waals surface area contributed by atoms with Gasteiger partial charge in [-0.25, -0.2) is 0 Å². The van der Waals surface area contributed by atoms with Gasteiger partial charge in [0.1, 0.15) is 0 Å². The molecular formula is C23H29N3O2. The Morgan fingerprint density at radius 1 is 1.11 bits per heavy atom. The van der Waals surface area contributed by atoms with Crippen LogP contribution in [0.3, 0.4) is 0 Å². The van der Waals surface area contributed by atoms with Crippen molar-refractivity contribution in [1.82, 2.24) is 5.32 Å². The lowest BCUT2D eigenvalue weighted by Gasteiger charge is -2.27. The Hall–Kier alpha value is -2.66. The van der Waals surface area contributed by atoms with E-state index in [2.05, 4.69) is 17.6 Å². The number of piperidine rings is 1. The summed E-state index contributed by atoms with van der Waals surface area (Å²) >= 11 is 0. The molecular weight excluding hydrogens is 350 g/mol. The Labute approximate surface area is 167 Å². The highest BCUT2D eigenvalue weighted by Gasteiger charge is 2.22. The van der Waals surface area contributed by atoms with Gasteiger partial charge in [0.15, 0.2) is 0 Å². The van der Waals surface area contributed by atoms with E-state index in [0.29, 0.717) is 29.5 Å². The van der Waals surface area contributed by atoms with Gasteiger partial charge in [-0.3, -0.25) is 9.59 Å². The van der Waals surface area contributed by atoms with E-state index >= 15 is 0 Å². The van der Waals surface area contributed by atoms with Crippen molar-refractivity contribution in [1.29, 1.82) is 0 Å². The fourth-order valence-corrected chi connectivity index (χ4v) is 3.78. The predicted molar refractivity (Wildman–Crippen MR) is 114 cm³/mol. The first-order valence-electron chi connectivity index (χ1n) is 9.98. The zero-order valence-electron chi connectivity index (χ0n) is 16.7. The molecule has 1 saturated heterocycles. The van der Waals surface area contributed by atoms with Crippen molar-refractivity contribution in [3.05, 3.63) is 60.2 Å². The number of anilines is 2. The first-order chi connectivity index (χ1) is 13.5. The van der Waals surface area contributed by atoms with Crippen LogP contribution in [0.25, 0.3) is 0 Å². The van der Waals surface area contributed by atoms with Crippen LogP contribution in [0.5, 0.6) is 0 Å². The first-order valence-corrected chi connectivity index (χ1v) is 9.98. The van der Waals surface area contributed by atoms with Gasteiger partial charge in [0.25, 0.3) is 5.91 Å². The minimum atomic E-state index is -0.106. The lowest BCUT2D eigenvalue weighted by Crippen LogP contribution is -2.32. The number of hydrogen-bond acceptors (Lipinski definition) is 3. The average Bonchev–Trinajstić information content (AvgIpc) is 2.74. The highest BCUT2D eigenvalue weighted by molar-refractivity contribution is 6.06. The third-order valence-corrected chi connectivity index (χ3v) is 5.54. The van der Waals surface area contributed by atoms with Gasteiger partial charge in [-0.05, 0) is 68.1 Å². The molecule has 2 aromatic carbocycles. The second-order valence-electron chi connectivity index (χ2n) is 7.60. The monoisotopic (exact) mass is 379 g/mol. The van der Waals surface area contributed by atoms with Crippen LogP contribution in [-0.4, -0.2) is 32.0 Å². The SMILES string of the molecule is CC(CC(=O)Nc1cccc(C(=O)N(C)c2ccccc2)c1)C1CCNCC1. The van der Waals surface area contributed by atoms with Crippen LogP contribution in [0.1, 0.15) is 36.5 Å². The van der Waals surface area contributed by atoms with Crippen molar-refractivity contribution in [3.8, 4) is 0 Å². The molecule has 0 saturated carbocycles. The summed E-state index contributed by atoms with van der Waals surface area (Å²) in [5, 5.41) is 6.32. The van der Waals surface area contributed by atoms with Crippen LogP contribution in [0, 0.1) is 11.8 Å². The fourth-order valence-electron chi connectivity index (χ4n) is 3.78. The normalized spacial score (nSPS) is 15.6. The van der Waals surface area contributed by atoms with Crippen molar-refractivity contribution < 1.29 is 9.59 Å². The van der Waals surface area contributed by atoms with E-state index in [9.17, 15) is 9.59 Å². The van der Waals surface area contributed by atoms with Crippen molar-refractivity contribution in [2.45, 2.75) is 26.2 Å². The molecule has 28 heavy (non-hydrogen) atoms. The molecule has 5 heteroatoms. The van der Waals surface area contributed by atoms with E-state index < -0.39 is 0 Å². The number of nitrogens with zero attached hydrogens (tertiary/aromatic N) is 1. The van der Waals surface area contributed by atoms with E-state index in [1.807, 2.05) is 36.4 Å². The average molecular weight is 380 g/mol. The maximum absolute atomic E-state index is 12.8. The number of rotatable bonds is 6. The Bertz CT molecular complexity index is 801. The summed E-state index contributed by atoms with van der Waals surface area (Å²) in [5.74, 6) is 0.855. The van der Waals surface area contributed by atoms with Gasteiger partial charge in [0.2, 0.25) is 5.91 Å². The molecule has 3 rings (SSSR count). The quantitative estimate of drug-likeness (QED) is 0.799. The molecule has 2 N–H and O–H groups in total. The lowest BCUT2D eigenvalue weighted by molar-refractivity contribution is -0.117. The van der Waals surface area contributed by atoms with E-state index in [1.165, 1.54) is 0 Å². The molecule has 2 amide bonds. The first kappa shape index (κ1) is 20.1. The van der Waals surface area contributed by atoms with Gasteiger partial charge in [-0.1, -0.05) is 31.2 Å². The molecule has 1 unspecified atom stereocenters. The number of amides is 2. The molecule has 1 aliphatic rings. The van der Waals surface area contributed by atoms with Gasteiger partial charge in [-0.2, -0.15) is 0 Å². The summed E-state index contributed by atoms with van der Waals surface area (Å²) in [5.41, 5.74) is 2.04. The second-order valence-corrected chi connectivity index (χ2v) is 7.60. The summed E-state index contributed by atoms with van der Waals surface area (Å²) in [7, 11) is 1.75. The third kappa shape index (κ3) is 5.20. The molecule has 1 atom stereocenters. The minimum Gasteiger partial charge on any atom is -0.326 e. The summed E-state index contributed by atoms with van der Waals surface area (Å²) in [4.78, 5) is 26.9. The summed E-state index contributed by atoms with van der Waals surface area (Å²) in [6, 6.07) is 16.7. The maximum Gasteiger partial charge on any atom is 0.258 e. The van der Waals surface area contributed by atoms with Gasteiger partial charge in [-0.15, -0.1) is 0 Å². The van der Waals surface area contributed by atoms with Crippen molar-refractivity contribution in [3.63, 3.8) is 0 Å². The second kappa shape index (κ2) is 9.51.